The first-order valence-corrected chi connectivity index (χ1v) is 6.96. The smallest absolute Gasteiger partial charge is 0.159 e. The zero-order valence-corrected chi connectivity index (χ0v) is 12.2. The molecule has 0 aliphatic carbocycles. The maximum Gasteiger partial charge on any atom is 0.159 e. The highest BCUT2D eigenvalue weighted by atomic mass is 19.2. The molecule has 0 heterocycles. The summed E-state index contributed by atoms with van der Waals surface area (Å²) in [5.74, 6) is -0.857. The van der Waals surface area contributed by atoms with Gasteiger partial charge in [-0.25, -0.2) is 8.78 Å². The van der Waals surface area contributed by atoms with Crippen molar-refractivity contribution in [1.82, 2.24) is 5.32 Å². The van der Waals surface area contributed by atoms with Crippen molar-refractivity contribution < 1.29 is 13.5 Å². The zero-order chi connectivity index (χ0) is 15.2. The number of methoxy groups -OCH3 is 1. The maximum atomic E-state index is 13.4. The van der Waals surface area contributed by atoms with E-state index < -0.39 is 11.6 Å². The molecule has 4 heteroatoms. The van der Waals surface area contributed by atoms with Crippen molar-refractivity contribution in [3.05, 3.63) is 65.2 Å². The fourth-order valence-electron chi connectivity index (χ4n) is 2.37. The van der Waals surface area contributed by atoms with Gasteiger partial charge in [-0.15, -0.1) is 0 Å². The van der Waals surface area contributed by atoms with Gasteiger partial charge >= 0.3 is 0 Å². The summed E-state index contributed by atoms with van der Waals surface area (Å²) < 4.78 is 31.9. The van der Waals surface area contributed by atoms with E-state index in [2.05, 4.69) is 5.32 Å². The monoisotopic (exact) mass is 291 g/mol. The molecule has 1 atom stereocenters. The van der Waals surface area contributed by atoms with Gasteiger partial charge in [0.05, 0.1) is 7.11 Å². The molecule has 0 spiro atoms. The first kappa shape index (κ1) is 15.4. The Balaban J connectivity index is 2.28. The van der Waals surface area contributed by atoms with Crippen LogP contribution in [-0.2, 0) is 6.42 Å². The number of rotatable bonds is 6. The lowest BCUT2D eigenvalue weighted by molar-refractivity contribution is 0.405. The van der Waals surface area contributed by atoms with Crippen LogP contribution in [0.2, 0.25) is 0 Å². The molecule has 0 amide bonds. The van der Waals surface area contributed by atoms with Crippen molar-refractivity contribution in [2.24, 2.45) is 0 Å². The fraction of sp³-hybridized carbons (Fsp3) is 0.294. The maximum absolute atomic E-state index is 13.4. The Hall–Kier alpha value is -1.94. The molecule has 1 N–H and O–H groups in total. The highest BCUT2D eigenvalue weighted by Crippen LogP contribution is 2.25. The van der Waals surface area contributed by atoms with Gasteiger partial charge in [0.2, 0.25) is 0 Å². The van der Waals surface area contributed by atoms with Gasteiger partial charge in [-0.05, 0) is 42.3 Å². The average Bonchev–Trinajstić information content (AvgIpc) is 2.50. The van der Waals surface area contributed by atoms with Crippen LogP contribution in [0.15, 0.2) is 42.5 Å². The molecule has 2 rings (SSSR count). The van der Waals surface area contributed by atoms with Crippen LogP contribution >= 0.6 is 0 Å². The summed E-state index contributed by atoms with van der Waals surface area (Å²) >= 11 is 0. The van der Waals surface area contributed by atoms with Gasteiger partial charge in [-0.2, -0.15) is 0 Å². The number of ether oxygens (including phenoxy) is 1. The minimum Gasteiger partial charge on any atom is -0.496 e. The molecule has 21 heavy (non-hydrogen) atoms. The first-order chi connectivity index (χ1) is 10.2. The molecule has 0 aliphatic rings. The minimum absolute atomic E-state index is 0.0959. The topological polar surface area (TPSA) is 21.3 Å². The van der Waals surface area contributed by atoms with Crippen LogP contribution in [0.3, 0.4) is 0 Å². The van der Waals surface area contributed by atoms with Crippen molar-refractivity contribution in [1.29, 1.82) is 0 Å². The molecular formula is C17H19F2NO. The summed E-state index contributed by atoms with van der Waals surface area (Å²) in [6, 6.07) is 11.6. The summed E-state index contributed by atoms with van der Waals surface area (Å²) in [4.78, 5) is 0. The normalized spacial score (nSPS) is 12.2. The van der Waals surface area contributed by atoms with Crippen LogP contribution in [-0.4, -0.2) is 13.7 Å². The predicted molar refractivity (Wildman–Crippen MR) is 79.5 cm³/mol. The lowest BCUT2D eigenvalue weighted by atomic mass is 9.98. The second-order valence-corrected chi connectivity index (χ2v) is 4.80. The number of likely N-dealkylation sites (N-methyl/N-ethyl adjacent to an activating group) is 1. The van der Waals surface area contributed by atoms with E-state index in [9.17, 15) is 8.78 Å². The van der Waals surface area contributed by atoms with Gasteiger partial charge in [-0.1, -0.05) is 31.2 Å². The second kappa shape index (κ2) is 7.18. The molecule has 1 unspecified atom stereocenters. The first-order valence-electron chi connectivity index (χ1n) is 6.96. The summed E-state index contributed by atoms with van der Waals surface area (Å²) in [6.45, 7) is 2.72. The molecule has 0 saturated carbocycles. The van der Waals surface area contributed by atoms with Crippen LogP contribution in [0, 0.1) is 11.6 Å². The highest BCUT2D eigenvalue weighted by molar-refractivity contribution is 5.35. The van der Waals surface area contributed by atoms with E-state index in [-0.39, 0.29) is 6.04 Å². The van der Waals surface area contributed by atoms with Crippen molar-refractivity contribution in [2.45, 2.75) is 19.4 Å². The predicted octanol–water partition coefficient (Wildman–Crippen LogP) is 3.87. The third-order valence-corrected chi connectivity index (χ3v) is 3.41. The summed E-state index contributed by atoms with van der Waals surface area (Å²) in [6.07, 6.45) is 0.642. The lowest BCUT2D eigenvalue weighted by Gasteiger charge is -2.20. The van der Waals surface area contributed by atoms with Crippen LogP contribution in [0.1, 0.15) is 24.1 Å². The van der Waals surface area contributed by atoms with Gasteiger partial charge in [0.25, 0.3) is 0 Å². The molecule has 0 saturated heterocycles. The van der Waals surface area contributed by atoms with Gasteiger partial charge in [-0.3, -0.25) is 0 Å². The second-order valence-electron chi connectivity index (χ2n) is 4.80. The van der Waals surface area contributed by atoms with E-state index in [0.717, 1.165) is 29.5 Å². The molecule has 0 bridgehead atoms. The number of halogens is 2. The Labute approximate surface area is 123 Å². The van der Waals surface area contributed by atoms with Gasteiger partial charge in [0.1, 0.15) is 5.75 Å². The van der Waals surface area contributed by atoms with Crippen molar-refractivity contribution in [3.63, 3.8) is 0 Å². The molecule has 0 fully saturated rings. The van der Waals surface area contributed by atoms with E-state index in [4.69, 9.17) is 4.74 Å². The molecule has 112 valence electrons. The highest BCUT2D eigenvalue weighted by Gasteiger charge is 2.15. The standard InChI is InChI=1S/C17H19F2NO/c1-3-20-16(12-8-9-14(18)15(19)10-12)11-13-6-4-5-7-17(13)21-2/h4-10,16,20H,3,11H2,1-2H3. The number of hydrogen-bond donors (Lipinski definition) is 1. The van der Waals surface area contributed by atoms with Crippen LogP contribution in [0.5, 0.6) is 5.75 Å². The Kier molecular flexibility index (Phi) is 5.28. The van der Waals surface area contributed by atoms with E-state index in [1.807, 2.05) is 31.2 Å². The van der Waals surface area contributed by atoms with Crippen LogP contribution in [0.4, 0.5) is 8.78 Å². The summed E-state index contributed by atoms with van der Waals surface area (Å²) in [5, 5.41) is 3.30. The quantitative estimate of drug-likeness (QED) is 0.872. The molecule has 2 aromatic carbocycles. The number of benzene rings is 2. The molecule has 2 aromatic rings. The van der Waals surface area contributed by atoms with Gasteiger partial charge in [0.15, 0.2) is 11.6 Å². The molecular weight excluding hydrogens is 272 g/mol. The number of nitrogens with one attached hydrogen (secondary N) is 1. The number of para-hydroxylation sites is 1. The SMILES string of the molecule is CCNC(Cc1ccccc1OC)c1ccc(F)c(F)c1. The van der Waals surface area contributed by atoms with E-state index in [0.29, 0.717) is 6.42 Å². The Morgan fingerprint density at radius 2 is 1.86 bits per heavy atom. The molecule has 0 radical (unpaired) electrons. The van der Waals surface area contributed by atoms with Crippen LogP contribution in [0.25, 0.3) is 0 Å². The van der Waals surface area contributed by atoms with E-state index in [1.165, 1.54) is 6.07 Å². The van der Waals surface area contributed by atoms with Gasteiger partial charge in [0, 0.05) is 6.04 Å². The van der Waals surface area contributed by atoms with Gasteiger partial charge < -0.3 is 10.1 Å². The van der Waals surface area contributed by atoms with Crippen molar-refractivity contribution >= 4 is 0 Å². The molecule has 0 aromatic heterocycles. The average molecular weight is 291 g/mol. The fourth-order valence-corrected chi connectivity index (χ4v) is 2.37. The zero-order valence-electron chi connectivity index (χ0n) is 12.2. The summed E-state index contributed by atoms with van der Waals surface area (Å²) in [7, 11) is 1.62. The van der Waals surface area contributed by atoms with Crippen molar-refractivity contribution in [2.75, 3.05) is 13.7 Å². The minimum atomic E-state index is -0.828. The Bertz CT molecular complexity index is 601. The third-order valence-electron chi connectivity index (χ3n) is 3.41. The Morgan fingerprint density at radius 3 is 2.52 bits per heavy atom. The third kappa shape index (κ3) is 3.79. The van der Waals surface area contributed by atoms with E-state index >= 15 is 0 Å². The lowest BCUT2D eigenvalue weighted by Crippen LogP contribution is -2.23. The Morgan fingerprint density at radius 1 is 1.10 bits per heavy atom. The van der Waals surface area contributed by atoms with Crippen molar-refractivity contribution in [3.8, 4) is 5.75 Å². The largest absolute Gasteiger partial charge is 0.496 e. The van der Waals surface area contributed by atoms with E-state index in [1.54, 1.807) is 13.2 Å². The molecule has 0 aliphatic heterocycles. The summed E-state index contributed by atoms with van der Waals surface area (Å²) in [5.41, 5.74) is 1.75. The molecule has 2 nitrogen and oxygen atoms in total. The number of hydrogen-bond acceptors (Lipinski definition) is 2. The van der Waals surface area contributed by atoms with Crippen LogP contribution < -0.4 is 10.1 Å².